The van der Waals surface area contributed by atoms with Crippen molar-refractivity contribution in [1.82, 2.24) is 9.66 Å². The van der Waals surface area contributed by atoms with Crippen molar-refractivity contribution in [2.75, 3.05) is 6.61 Å². The number of halogens is 3. The first-order valence-corrected chi connectivity index (χ1v) is 13.6. The van der Waals surface area contributed by atoms with Crippen molar-refractivity contribution in [3.8, 4) is 5.75 Å². The normalized spacial score (nSPS) is 12.5. The molecule has 0 saturated carbocycles. The van der Waals surface area contributed by atoms with Gasteiger partial charge in [-0.1, -0.05) is 29.8 Å². The standard InChI is InChI=1S/C24H24BrI2N3O4/c1-5-14(4)23-29-20-7-6-16(25)10-17(20)24(32)30(23)28-11-15-8-18(26)22(19(27)9-15)33-12-21(31)34-13(2)3/h6-11,13-14H,5,12H2,1-4H3/t14-/m0/s1. The van der Waals surface area contributed by atoms with Gasteiger partial charge in [0.1, 0.15) is 11.6 Å². The Balaban J connectivity index is 1.96. The average molecular weight is 752 g/mol. The van der Waals surface area contributed by atoms with Gasteiger partial charge in [0.15, 0.2) is 6.61 Å². The molecule has 1 aromatic heterocycles. The van der Waals surface area contributed by atoms with Crippen LogP contribution in [0.25, 0.3) is 10.9 Å². The van der Waals surface area contributed by atoms with Crippen LogP contribution in [-0.4, -0.2) is 34.6 Å². The number of hydrogen-bond donors (Lipinski definition) is 0. The molecule has 0 aliphatic heterocycles. The molecule has 0 N–H and O–H groups in total. The number of fused-ring (bicyclic) bond motifs is 1. The van der Waals surface area contributed by atoms with Crippen LogP contribution in [0, 0.1) is 7.14 Å². The van der Waals surface area contributed by atoms with Crippen LogP contribution < -0.4 is 10.3 Å². The highest BCUT2D eigenvalue weighted by Gasteiger charge is 2.16. The second-order valence-electron chi connectivity index (χ2n) is 7.94. The van der Waals surface area contributed by atoms with Crippen LogP contribution in [0.3, 0.4) is 0 Å². The fourth-order valence-electron chi connectivity index (χ4n) is 3.12. The summed E-state index contributed by atoms with van der Waals surface area (Å²) in [6.07, 6.45) is 2.27. The highest BCUT2D eigenvalue weighted by molar-refractivity contribution is 14.1. The molecule has 0 saturated heterocycles. The van der Waals surface area contributed by atoms with Crippen molar-refractivity contribution in [2.45, 2.75) is 46.1 Å². The van der Waals surface area contributed by atoms with Gasteiger partial charge in [0, 0.05) is 10.4 Å². The Kier molecular flexibility index (Phi) is 9.49. The van der Waals surface area contributed by atoms with Crippen LogP contribution >= 0.6 is 61.1 Å². The van der Waals surface area contributed by atoms with Gasteiger partial charge < -0.3 is 9.47 Å². The fraction of sp³-hybridized carbons (Fsp3) is 0.333. The van der Waals surface area contributed by atoms with Crippen LogP contribution in [0.15, 0.2) is 44.7 Å². The molecule has 0 radical (unpaired) electrons. The van der Waals surface area contributed by atoms with Gasteiger partial charge in [-0.15, -0.1) is 0 Å². The Labute approximate surface area is 233 Å². The molecule has 0 unspecified atom stereocenters. The van der Waals surface area contributed by atoms with Crippen LogP contribution in [0.2, 0.25) is 0 Å². The molecule has 10 heteroatoms. The number of hydrogen-bond acceptors (Lipinski definition) is 6. The second kappa shape index (κ2) is 11.9. The van der Waals surface area contributed by atoms with E-state index in [1.807, 2.05) is 31.2 Å². The third-order valence-electron chi connectivity index (χ3n) is 4.93. The number of nitrogens with zero attached hydrogens (tertiary/aromatic N) is 3. The van der Waals surface area contributed by atoms with Crippen LogP contribution in [0.4, 0.5) is 0 Å². The predicted octanol–water partition coefficient (Wildman–Crippen LogP) is 6.09. The van der Waals surface area contributed by atoms with Crippen LogP contribution in [0.1, 0.15) is 51.4 Å². The van der Waals surface area contributed by atoms with E-state index in [1.54, 1.807) is 26.1 Å². The molecule has 180 valence electrons. The smallest absolute Gasteiger partial charge is 0.344 e. The third-order valence-corrected chi connectivity index (χ3v) is 7.03. The molecule has 0 spiro atoms. The fourth-order valence-corrected chi connectivity index (χ4v) is 5.61. The van der Waals surface area contributed by atoms with E-state index in [1.165, 1.54) is 4.68 Å². The summed E-state index contributed by atoms with van der Waals surface area (Å²) in [6.45, 7) is 7.50. The number of rotatable bonds is 8. The van der Waals surface area contributed by atoms with Crippen molar-refractivity contribution >= 4 is 84.2 Å². The number of benzene rings is 2. The maximum atomic E-state index is 13.3. The van der Waals surface area contributed by atoms with Gasteiger partial charge in [-0.25, -0.2) is 9.78 Å². The van der Waals surface area contributed by atoms with Crippen molar-refractivity contribution < 1.29 is 14.3 Å². The first-order valence-electron chi connectivity index (χ1n) is 10.7. The third kappa shape index (κ3) is 6.56. The minimum atomic E-state index is -0.417. The van der Waals surface area contributed by atoms with Gasteiger partial charge in [0.05, 0.1) is 30.4 Å². The quantitative estimate of drug-likeness (QED) is 0.158. The van der Waals surface area contributed by atoms with E-state index in [2.05, 4.69) is 73.1 Å². The summed E-state index contributed by atoms with van der Waals surface area (Å²) in [5.41, 5.74) is 1.23. The predicted molar refractivity (Wildman–Crippen MR) is 154 cm³/mol. The Bertz CT molecular complexity index is 1280. The molecule has 3 rings (SSSR count). The summed E-state index contributed by atoms with van der Waals surface area (Å²) >= 11 is 7.73. The van der Waals surface area contributed by atoms with Gasteiger partial charge in [0.2, 0.25) is 0 Å². The monoisotopic (exact) mass is 751 g/mol. The molecule has 0 aliphatic carbocycles. The maximum Gasteiger partial charge on any atom is 0.344 e. The Morgan fingerprint density at radius 1 is 1.21 bits per heavy atom. The molecule has 0 amide bonds. The molecule has 0 fully saturated rings. The lowest BCUT2D eigenvalue weighted by molar-refractivity contribution is -0.149. The van der Waals surface area contributed by atoms with E-state index in [0.29, 0.717) is 22.5 Å². The molecular formula is C24H24BrI2N3O4. The van der Waals surface area contributed by atoms with Gasteiger partial charge in [0.25, 0.3) is 5.56 Å². The van der Waals surface area contributed by atoms with E-state index >= 15 is 0 Å². The van der Waals surface area contributed by atoms with Crippen LogP contribution in [0.5, 0.6) is 5.75 Å². The summed E-state index contributed by atoms with van der Waals surface area (Å²) in [5.74, 6) is 0.861. The molecule has 3 aromatic rings. The number of carbonyl (C=O) groups is 1. The zero-order valence-electron chi connectivity index (χ0n) is 19.1. The van der Waals surface area contributed by atoms with Gasteiger partial charge in [-0.05, 0) is 101 Å². The number of aromatic nitrogens is 2. The number of esters is 1. The average Bonchev–Trinajstić information content (AvgIpc) is 2.77. The summed E-state index contributed by atoms with van der Waals surface area (Å²) < 4.78 is 14.6. The largest absolute Gasteiger partial charge is 0.480 e. The zero-order chi connectivity index (χ0) is 25.0. The molecule has 2 aromatic carbocycles. The van der Waals surface area contributed by atoms with Gasteiger partial charge >= 0.3 is 5.97 Å². The number of carbonyl (C=O) groups excluding carboxylic acids is 1. The van der Waals surface area contributed by atoms with E-state index < -0.39 is 5.97 Å². The molecule has 0 bridgehead atoms. The molecule has 34 heavy (non-hydrogen) atoms. The maximum absolute atomic E-state index is 13.3. The lowest BCUT2D eigenvalue weighted by atomic mass is 10.1. The van der Waals surface area contributed by atoms with E-state index in [0.717, 1.165) is 23.6 Å². The molecular weight excluding hydrogens is 728 g/mol. The Hall–Kier alpha value is -1.54. The van der Waals surface area contributed by atoms with Gasteiger partial charge in [-0.3, -0.25) is 4.79 Å². The lowest BCUT2D eigenvalue weighted by Gasteiger charge is -2.14. The molecule has 1 heterocycles. The second-order valence-corrected chi connectivity index (χ2v) is 11.2. The minimum Gasteiger partial charge on any atom is -0.480 e. The Morgan fingerprint density at radius 2 is 1.88 bits per heavy atom. The van der Waals surface area contributed by atoms with Crippen molar-refractivity contribution in [3.05, 3.63) is 63.7 Å². The summed E-state index contributed by atoms with van der Waals surface area (Å²) in [7, 11) is 0. The van der Waals surface area contributed by atoms with E-state index in [-0.39, 0.29) is 24.2 Å². The molecule has 1 atom stereocenters. The highest BCUT2D eigenvalue weighted by Crippen LogP contribution is 2.29. The van der Waals surface area contributed by atoms with Gasteiger partial charge in [-0.2, -0.15) is 9.78 Å². The van der Waals surface area contributed by atoms with Crippen molar-refractivity contribution in [3.63, 3.8) is 0 Å². The first-order chi connectivity index (χ1) is 16.1. The van der Waals surface area contributed by atoms with Crippen molar-refractivity contribution in [2.24, 2.45) is 5.10 Å². The first kappa shape index (κ1) is 27.1. The highest BCUT2D eigenvalue weighted by atomic mass is 127. The molecule has 7 nitrogen and oxygen atoms in total. The van der Waals surface area contributed by atoms with Crippen LogP contribution in [-0.2, 0) is 9.53 Å². The number of ether oxygens (including phenoxy) is 2. The Morgan fingerprint density at radius 3 is 2.50 bits per heavy atom. The minimum absolute atomic E-state index is 0.0551. The summed E-state index contributed by atoms with van der Waals surface area (Å²) in [5, 5.41) is 5.02. The van der Waals surface area contributed by atoms with Crippen molar-refractivity contribution in [1.29, 1.82) is 0 Å². The topological polar surface area (TPSA) is 82.8 Å². The lowest BCUT2D eigenvalue weighted by Crippen LogP contribution is -2.23. The molecule has 0 aliphatic rings. The summed E-state index contributed by atoms with van der Waals surface area (Å²) in [6, 6.07) is 9.24. The van der Waals surface area contributed by atoms with E-state index in [4.69, 9.17) is 14.5 Å². The SMILES string of the molecule is CC[C@H](C)c1nc2ccc(Br)cc2c(=O)n1N=Cc1cc(I)c(OCC(=O)OC(C)C)c(I)c1. The van der Waals surface area contributed by atoms with E-state index in [9.17, 15) is 9.59 Å². The summed E-state index contributed by atoms with van der Waals surface area (Å²) in [4.78, 5) is 29.8. The zero-order valence-corrected chi connectivity index (χ0v) is 25.0.